The standard InChI is InChI=1S/C19H34NO5P.C19H33NO2.C18H38NO5P.C18H37NO2.ClH/c1-2-3-4-5-6-7-8-17-9-11-18(12-10-17)13-14-19(20,15-21)16-25-26(22,23)24;1-2-3-4-5-6-7-8-17-9-11-18(12-10-17)13-14-19(20,15-21)16-22;1-2-3-4-5-6-7-8-9-10-11-12-13-14-15-18(20)17(19)16-24-25(21,22)23;1-2-3-4-5-6-7-8-9-10-11-12-13-14-15-18(21)17(19)16-20;/h9-12,21H,2-8,13-16,20H2,1H3,(H2,22,23,24);9-12,21-22H,2-8,13-16,20H2,1H3;14-15,17-18,20H,2-13,16,19H2,1H3,(H2,21,22,23);14-15,17-18,20-21H,2-13,16,19H2,1H3;1H/b;;2*15-14+;/t19-;;2*17-,18+;/m0.00./s1. The number of hydrogen-bond donors (Lipinski definition) is 14. The molecule has 18 nitrogen and oxygen atoms in total. The monoisotopic (exact) mass is 1410 g/mol. The van der Waals surface area contributed by atoms with E-state index in [2.05, 4.69) is 73.1 Å². The van der Waals surface area contributed by atoms with E-state index in [9.17, 15) is 34.7 Å². The van der Waals surface area contributed by atoms with Gasteiger partial charge in [0, 0.05) is 0 Å². The van der Waals surface area contributed by atoms with Crippen molar-refractivity contribution in [2.45, 2.75) is 333 Å². The molecule has 0 aliphatic carbocycles. The Hall–Kier alpha value is -1.97. The zero-order valence-electron chi connectivity index (χ0n) is 59.9. The Bertz CT molecular complexity index is 2120. The molecule has 21 heteroatoms. The number of aryl methyl sites for hydroxylation is 4. The first-order valence-electron chi connectivity index (χ1n) is 36.8. The van der Waals surface area contributed by atoms with Crippen LogP contribution in [-0.4, -0.2) is 125 Å². The minimum atomic E-state index is -4.59. The van der Waals surface area contributed by atoms with Crippen LogP contribution < -0.4 is 22.9 Å². The van der Waals surface area contributed by atoms with Crippen molar-refractivity contribution >= 4 is 28.1 Å². The van der Waals surface area contributed by atoms with E-state index >= 15 is 0 Å². The molecule has 0 fully saturated rings. The van der Waals surface area contributed by atoms with E-state index in [4.69, 9.17) is 47.6 Å². The van der Waals surface area contributed by atoms with Gasteiger partial charge in [0.15, 0.2) is 0 Å². The van der Waals surface area contributed by atoms with Gasteiger partial charge in [-0.15, -0.1) is 12.4 Å². The van der Waals surface area contributed by atoms with Gasteiger partial charge in [0.05, 0.1) is 75.0 Å². The zero-order valence-corrected chi connectivity index (χ0v) is 62.5. The molecule has 2 aromatic rings. The summed E-state index contributed by atoms with van der Waals surface area (Å²) in [5, 5.41) is 55.9. The second-order valence-electron chi connectivity index (χ2n) is 26.4. The minimum absolute atomic E-state index is 0. The molecular formula is C74H143ClN4O14P2. The molecular weight excluding hydrogens is 1270 g/mol. The topological polar surface area (TPSA) is 359 Å². The smallest absolute Gasteiger partial charge is 0.395 e. The summed E-state index contributed by atoms with van der Waals surface area (Å²) in [6.45, 7) is 7.27. The average molecular weight is 1410 g/mol. The number of nitrogens with two attached hydrogens (primary N) is 4. The Labute approximate surface area is 584 Å². The Kier molecular flexibility index (Phi) is 66.9. The highest BCUT2D eigenvalue weighted by molar-refractivity contribution is 7.46. The predicted octanol–water partition coefficient (Wildman–Crippen LogP) is 14.9. The third kappa shape index (κ3) is 63.9. The average Bonchev–Trinajstić information content (AvgIpc) is 1.15. The lowest BCUT2D eigenvalue weighted by Crippen LogP contribution is -2.48. The lowest BCUT2D eigenvalue weighted by Gasteiger charge is -2.27. The predicted molar refractivity (Wildman–Crippen MR) is 398 cm³/mol. The molecule has 0 saturated carbocycles. The quantitative estimate of drug-likeness (QED) is 0.0166. The number of benzene rings is 2. The van der Waals surface area contributed by atoms with E-state index in [1.165, 1.54) is 229 Å². The first kappa shape index (κ1) is 97.2. The number of phosphoric ester groups is 2. The lowest BCUT2D eigenvalue weighted by atomic mass is 9.93. The summed E-state index contributed by atoms with van der Waals surface area (Å²) in [6.07, 6.45) is 56.7. The van der Waals surface area contributed by atoms with E-state index in [1.54, 1.807) is 12.2 Å². The largest absolute Gasteiger partial charge is 0.469 e. The van der Waals surface area contributed by atoms with Crippen LogP contribution in [0.15, 0.2) is 72.8 Å². The fraction of sp³-hybridized carbons (Fsp3) is 0.784. The number of allylic oxidation sites excluding steroid dienone is 2. The molecule has 560 valence electrons. The number of rotatable bonds is 58. The summed E-state index contributed by atoms with van der Waals surface area (Å²) in [5.41, 5.74) is 25.9. The van der Waals surface area contributed by atoms with Crippen LogP contribution >= 0.6 is 28.1 Å². The number of unbranched alkanes of at least 4 members (excludes halogenated alkanes) is 32. The van der Waals surface area contributed by atoms with Crippen molar-refractivity contribution in [1.82, 2.24) is 0 Å². The van der Waals surface area contributed by atoms with E-state index in [1.807, 2.05) is 24.3 Å². The van der Waals surface area contributed by atoms with E-state index in [-0.39, 0.29) is 45.4 Å². The van der Waals surface area contributed by atoms with Crippen LogP contribution in [0.2, 0.25) is 0 Å². The summed E-state index contributed by atoms with van der Waals surface area (Å²) in [7, 11) is -9.12. The summed E-state index contributed by atoms with van der Waals surface area (Å²) in [6, 6.07) is 15.6. The van der Waals surface area contributed by atoms with Gasteiger partial charge in [-0.1, -0.05) is 293 Å². The number of hydrogen-bond acceptors (Lipinski definition) is 14. The van der Waals surface area contributed by atoms with Crippen molar-refractivity contribution in [1.29, 1.82) is 0 Å². The minimum Gasteiger partial charge on any atom is -0.395 e. The van der Waals surface area contributed by atoms with Gasteiger partial charge in [0.2, 0.25) is 0 Å². The summed E-state index contributed by atoms with van der Waals surface area (Å²) < 4.78 is 30.1. The van der Waals surface area contributed by atoms with Crippen LogP contribution in [0.4, 0.5) is 0 Å². The van der Waals surface area contributed by atoms with Crippen LogP contribution in [0, 0.1) is 0 Å². The van der Waals surface area contributed by atoms with Crippen molar-refractivity contribution in [2.75, 3.05) is 39.6 Å². The summed E-state index contributed by atoms with van der Waals surface area (Å²) in [5.74, 6) is 0. The van der Waals surface area contributed by atoms with Crippen LogP contribution in [0.1, 0.15) is 294 Å². The third-order valence-electron chi connectivity index (χ3n) is 17.1. The van der Waals surface area contributed by atoms with Crippen molar-refractivity contribution in [3.63, 3.8) is 0 Å². The van der Waals surface area contributed by atoms with Crippen LogP contribution in [0.25, 0.3) is 0 Å². The van der Waals surface area contributed by atoms with Gasteiger partial charge in [-0.25, -0.2) is 9.13 Å². The molecule has 0 saturated heterocycles. The molecule has 2 rings (SSSR count). The highest BCUT2D eigenvalue weighted by atomic mass is 35.5. The maximum absolute atomic E-state index is 10.8. The summed E-state index contributed by atoms with van der Waals surface area (Å²) in [4.78, 5) is 34.7. The van der Waals surface area contributed by atoms with Gasteiger partial charge in [-0.05, 0) is 99.3 Å². The molecule has 0 unspecified atom stereocenters. The maximum atomic E-state index is 10.8. The van der Waals surface area contributed by atoms with Crippen molar-refractivity contribution in [3.05, 3.63) is 95.1 Å². The molecule has 0 aliphatic heterocycles. The van der Waals surface area contributed by atoms with Gasteiger partial charge in [0.25, 0.3) is 0 Å². The first-order valence-corrected chi connectivity index (χ1v) is 39.8. The Morgan fingerprint density at radius 3 is 0.947 bits per heavy atom. The highest BCUT2D eigenvalue weighted by Gasteiger charge is 2.29. The van der Waals surface area contributed by atoms with Gasteiger partial charge < -0.3 is 73.1 Å². The second kappa shape index (κ2) is 65.3. The molecule has 2 aromatic carbocycles. The molecule has 0 spiro atoms. The molecule has 5 atom stereocenters. The molecule has 0 aromatic heterocycles. The first-order chi connectivity index (χ1) is 45.0. The fourth-order valence-corrected chi connectivity index (χ4v) is 11.2. The molecule has 18 N–H and O–H groups in total. The SMILES string of the molecule is CCCCCCCCCCCCC/C=C/[C@@H](O)[C@@H](N)CO.CCCCCCCCCCCCC/C=C/[C@@H](O)[C@@H](N)COP(=O)(O)O.CCCCCCCCc1ccc(CCC(N)(CO)CO)cc1.CCCCCCCCc1ccc(CC[C@](N)(CO)COP(=O)(O)O)cc1.Cl. The number of phosphoric acid groups is 2. The molecule has 0 bridgehead atoms. The highest BCUT2D eigenvalue weighted by Crippen LogP contribution is 2.37. The zero-order chi connectivity index (χ0) is 70.5. The Balaban J connectivity index is -0.00000119. The lowest BCUT2D eigenvalue weighted by molar-refractivity contribution is 0.102. The molecule has 0 heterocycles. The second-order valence-corrected chi connectivity index (χ2v) is 28.9. The van der Waals surface area contributed by atoms with Crippen LogP contribution in [0.3, 0.4) is 0 Å². The molecule has 0 amide bonds. The number of halogens is 1. The van der Waals surface area contributed by atoms with Gasteiger partial charge in [-0.3, -0.25) is 9.05 Å². The van der Waals surface area contributed by atoms with Gasteiger partial charge >= 0.3 is 15.6 Å². The third-order valence-corrected chi connectivity index (χ3v) is 18.1. The van der Waals surface area contributed by atoms with Crippen molar-refractivity contribution in [2.24, 2.45) is 22.9 Å². The van der Waals surface area contributed by atoms with Crippen LogP contribution in [-0.2, 0) is 43.9 Å². The van der Waals surface area contributed by atoms with E-state index < -0.39 is 57.6 Å². The normalized spacial score (nSPS) is 13.8. The van der Waals surface area contributed by atoms with Gasteiger partial charge in [-0.2, -0.15) is 0 Å². The summed E-state index contributed by atoms with van der Waals surface area (Å²) >= 11 is 0. The maximum Gasteiger partial charge on any atom is 0.469 e. The van der Waals surface area contributed by atoms with Crippen molar-refractivity contribution < 1.29 is 68.4 Å². The van der Waals surface area contributed by atoms with Crippen molar-refractivity contribution in [3.8, 4) is 0 Å². The molecule has 95 heavy (non-hydrogen) atoms. The number of aliphatic hydroxyl groups excluding tert-OH is 6. The van der Waals surface area contributed by atoms with Gasteiger partial charge in [0.1, 0.15) is 0 Å². The van der Waals surface area contributed by atoms with Crippen LogP contribution in [0.5, 0.6) is 0 Å². The molecule has 0 aliphatic rings. The van der Waals surface area contributed by atoms with E-state index in [0.29, 0.717) is 19.3 Å². The Morgan fingerprint density at radius 2 is 0.663 bits per heavy atom. The fourth-order valence-electron chi connectivity index (χ4n) is 10.4. The Morgan fingerprint density at radius 1 is 0.400 bits per heavy atom. The number of aliphatic hydroxyl groups is 6. The molecule has 0 radical (unpaired) electrons. The van der Waals surface area contributed by atoms with E-state index in [0.717, 1.165) is 44.1 Å².